The quantitative estimate of drug-likeness (QED) is 0.874. The van der Waals surface area contributed by atoms with Crippen LogP contribution in [-0.2, 0) is 11.2 Å². The molecule has 1 aromatic rings. The number of halogens is 1. The van der Waals surface area contributed by atoms with Gasteiger partial charge in [0.2, 0.25) is 5.91 Å². The lowest BCUT2D eigenvalue weighted by Crippen LogP contribution is -2.51. The van der Waals surface area contributed by atoms with Crippen molar-refractivity contribution in [1.82, 2.24) is 15.5 Å². The molecular weight excluding hydrogens is 285 g/mol. The minimum atomic E-state index is -0.278. The van der Waals surface area contributed by atoms with Crippen LogP contribution in [0.2, 0.25) is 0 Å². The van der Waals surface area contributed by atoms with Crippen LogP contribution in [0, 0.1) is 5.82 Å². The summed E-state index contributed by atoms with van der Waals surface area (Å²) in [6.45, 7) is 0.530. The third-order valence-corrected chi connectivity index (χ3v) is 4.45. The lowest BCUT2D eigenvalue weighted by atomic mass is 10.1. The number of likely N-dealkylation sites (N-methyl/N-ethyl adjacent to an activating group) is 1. The van der Waals surface area contributed by atoms with Crippen molar-refractivity contribution in [3.05, 3.63) is 35.1 Å². The van der Waals surface area contributed by atoms with Gasteiger partial charge in [-0.1, -0.05) is 6.07 Å². The predicted molar refractivity (Wildman–Crippen MR) is 79.8 cm³/mol. The van der Waals surface area contributed by atoms with Crippen LogP contribution in [0.5, 0.6) is 0 Å². The maximum Gasteiger partial charge on any atom is 0.315 e. The molecule has 1 aromatic carbocycles. The number of piperidine rings is 1. The highest BCUT2D eigenvalue weighted by Gasteiger charge is 2.27. The van der Waals surface area contributed by atoms with E-state index in [0.29, 0.717) is 19.4 Å². The Labute approximate surface area is 128 Å². The van der Waals surface area contributed by atoms with Gasteiger partial charge in [-0.05, 0) is 42.5 Å². The molecule has 3 amide bonds. The molecule has 2 aliphatic rings. The zero-order chi connectivity index (χ0) is 15.7. The molecule has 2 atom stereocenters. The summed E-state index contributed by atoms with van der Waals surface area (Å²) in [5.74, 6) is -0.168. The molecule has 1 aliphatic carbocycles. The molecule has 0 radical (unpaired) electrons. The average molecular weight is 305 g/mol. The number of carbonyl (C=O) groups is 2. The van der Waals surface area contributed by atoms with E-state index in [4.69, 9.17) is 0 Å². The minimum Gasteiger partial charge on any atom is -0.344 e. The number of amides is 3. The van der Waals surface area contributed by atoms with E-state index in [-0.39, 0.29) is 29.8 Å². The van der Waals surface area contributed by atoms with Crippen LogP contribution in [-0.4, -0.2) is 36.5 Å². The van der Waals surface area contributed by atoms with Crippen molar-refractivity contribution in [1.29, 1.82) is 0 Å². The maximum atomic E-state index is 13.4. The van der Waals surface area contributed by atoms with Crippen LogP contribution in [0.25, 0.3) is 0 Å². The van der Waals surface area contributed by atoms with Crippen molar-refractivity contribution in [3.8, 4) is 0 Å². The fourth-order valence-corrected chi connectivity index (χ4v) is 3.24. The van der Waals surface area contributed by atoms with Crippen LogP contribution >= 0.6 is 0 Å². The molecule has 1 aliphatic heterocycles. The highest BCUT2D eigenvalue weighted by Crippen LogP contribution is 2.31. The Morgan fingerprint density at radius 1 is 1.27 bits per heavy atom. The van der Waals surface area contributed by atoms with Crippen LogP contribution in [0.4, 0.5) is 9.18 Å². The molecule has 118 valence electrons. The van der Waals surface area contributed by atoms with Gasteiger partial charge in [0, 0.05) is 26.1 Å². The number of hydrogen-bond donors (Lipinski definition) is 2. The lowest BCUT2D eigenvalue weighted by Gasteiger charge is -2.30. The predicted octanol–water partition coefficient (Wildman–Crippen LogP) is 1.73. The van der Waals surface area contributed by atoms with Gasteiger partial charge in [-0.25, -0.2) is 9.18 Å². The molecule has 22 heavy (non-hydrogen) atoms. The van der Waals surface area contributed by atoms with Gasteiger partial charge >= 0.3 is 6.03 Å². The largest absolute Gasteiger partial charge is 0.344 e. The molecule has 0 bridgehead atoms. The number of fused-ring (bicyclic) bond motifs is 1. The van der Waals surface area contributed by atoms with E-state index in [2.05, 4.69) is 10.6 Å². The molecule has 0 saturated carbocycles. The molecule has 2 N–H and O–H groups in total. The number of urea groups is 1. The van der Waals surface area contributed by atoms with Gasteiger partial charge < -0.3 is 15.5 Å². The van der Waals surface area contributed by atoms with Crippen LogP contribution in [0.3, 0.4) is 0 Å². The highest BCUT2D eigenvalue weighted by molar-refractivity contribution is 5.78. The van der Waals surface area contributed by atoms with Crippen molar-refractivity contribution in [2.45, 2.75) is 37.8 Å². The number of rotatable bonds is 2. The van der Waals surface area contributed by atoms with E-state index in [9.17, 15) is 14.0 Å². The van der Waals surface area contributed by atoms with E-state index in [1.54, 1.807) is 18.0 Å². The molecule has 6 heteroatoms. The number of hydrogen-bond acceptors (Lipinski definition) is 2. The Morgan fingerprint density at radius 2 is 2.09 bits per heavy atom. The fourth-order valence-electron chi connectivity index (χ4n) is 3.24. The van der Waals surface area contributed by atoms with E-state index in [1.165, 1.54) is 12.1 Å². The Morgan fingerprint density at radius 3 is 2.86 bits per heavy atom. The summed E-state index contributed by atoms with van der Waals surface area (Å²) in [4.78, 5) is 25.2. The van der Waals surface area contributed by atoms with E-state index < -0.39 is 0 Å². The van der Waals surface area contributed by atoms with Crippen molar-refractivity contribution in [3.63, 3.8) is 0 Å². The molecule has 3 rings (SSSR count). The van der Waals surface area contributed by atoms with E-state index in [1.807, 2.05) is 0 Å². The smallest absolute Gasteiger partial charge is 0.315 e. The summed E-state index contributed by atoms with van der Waals surface area (Å²) in [5, 5.41) is 5.82. The normalized spacial score (nSPS) is 24.1. The van der Waals surface area contributed by atoms with Gasteiger partial charge in [-0.15, -0.1) is 0 Å². The Bertz CT molecular complexity index is 605. The van der Waals surface area contributed by atoms with E-state index in [0.717, 1.165) is 24.0 Å². The standard InChI is InChI=1S/C16H20FN3O2/c1-20-9-12(5-7-15(20)21)18-16(22)19-14-6-3-10-2-4-11(17)8-13(10)14/h2,4,8,12,14H,3,5-7,9H2,1H3,(H2,18,19,22)/t12-,14+/m0/s1. The molecule has 0 spiro atoms. The van der Waals surface area contributed by atoms with Gasteiger partial charge in [0.25, 0.3) is 0 Å². The van der Waals surface area contributed by atoms with Gasteiger partial charge in [0.15, 0.2) is 0 Å². The van der Waals surface area contributed by atoms with Crippen LogP contribution in [0.15, 0.2) is 18.2 Å². The van der Waals surface area contributed by atoms with E-state index >= 15 is 0 Å². The summed E-state index contributed by atoms with van der Waals surface area (Å²) in [5.41, 5.74) is 1.96. The number of aryl methyl sites for hydroxylation is 1. The Hall–Kier alpha value is -2.11. The number of nitrogens with zero attached hydrogens (tertiary/aromatic N) is 1. The summed E-state index contributed by atoms with van der Waals surface area (Å²) in [6, 6.07) is 4.31. The number of benzene rings is 1. The molecule has 1 heterocycles. The second-order valence-corrected chi connectivity index (χ2v) is 6.06. The summed E-state index contributed by atoms with van der Waals surface area (Å²) >= 11 is 0. The van der Waals surface area contributed by atoms with Crippen LogP contribution < -0.4 is 10.6 Å². The summed E-state index contributed by atoms with van der Waals surface area (Å²) in [6.07, 6.45) is 2.75. The first kappa shape index (κ1) is 14.8. The maximum absolute atomic E-state index is 13.4. The fraction of sp³-hybridized carbons (Fsp3) is 0.500. The topological polar surface area (TPSA) is 61.4 Å². The van der Waals surface area contributed by atoms with Gasteiger partial charge in [0.1, 0.15) is 5.82 Å². The first-order chi connectivity index (χ1) is 10.5. The molecule has 1 saturated heterocycles. The van der Waals surface area contributed by atoms with Gasteiger partial charge in [-0.3, -0.25) is 4.79 Å². The van der Waals surface area contributed by atoms with Crippen molar-refractivity contribution >= 4 is 11.9 Å². The average Bonchev–Trinajstić information content (AvgIpc) is 2.85. The number of nitrogens with one attached hydrogen (secondary N) is 2. The second kappa shape index (κ2) is 5.94. The zero-order valence-electron chi connectivity index (χ0n) is 12.6. The lowest BCUT2D eigenvalue weighted by molar-refractivity contribution is -0.132. The molecule has 0 aromatic heterocycles. The Balaban J connectivity index is 1.57. The molecule has 5 nitrogen and oxygen atoms in total. The second-order valence-electron chi connectivity index (χ2n) is 6.06. The number of likely N-dealkylation sites (tertiary alicyclic amines) is 1. The summed E-state index contributed by atoms with van der Waals surface area (Å²) < 4.78 is 13.4. The van der Waals surface area contributed by atoms with Crippen LogP contribution in [0.1, 0.15) is 36.4 Å². The van der Waals surface area contributed by atoms with Gasteiger partial charge in [0.05, 0.1) is 6.04 Å². The number of carbonyl (C=O) groups excluding carboxylic acids is 2. The SMILES string of the molecule is CN1C[C@@H](NC(=O)N[C@@H]2CCc3ccc(F)cc32)CCC1=O. The monoisotopic (exact) mass is 305 g/mol. The first-order valence-electron chi connectivity index (χ1n) is 7.62. The third kappa shape index (κ3) is 3.05. The minimum absolute atomic E-state index is 0.0314. The van der Waals surface area contributed by atoms with Crippen molar-refractivity contribution < 1.29 is 14.0 Å². The zero-order valence-corrected chi connectivity index (χ0v) is 12.6. The first-order valence-corrected chi connectivity index (χ1v) is 7.62. The van der Waals surface area contributed by atoms with Crippen molar-refractivity contribution in [2.24, 2.45) is 0 Å². The summed E-state index contributed by atoms with van der Waals surface area (Å²) in [7, 11) is 1.74. The molecule has 0 unspecified atom stereocenters. The van der Waals surface area contributed by atoms with Gasteiger partial charge in [-0.2, -0.15) is 0 Å². The third-order valence-electron chi connectivity index (χ3n) is 4.45. The Kier molecular flexibility index (Phi) is 4.00. The molecular formula is C16H20FN3O2. The highest BCUT2D eigenvalue weighted by atomic mass is 19.1. The van der Waals surface area contributed by atoms with Crippen molar-refractivity contribution in [2.75, 3.05) is 13.6 Å². The molecule has 1 fully saturated rings.